The number of fused-ring (bicyclic) bond motifs is 1. The van der Waals surface area contributed by atoms with Crippen LogP contribution in [0.15, 0.2) is 16.9 Å². The van der Waals surface area contributed by atoms with Crippen LogP contribution in [-0.2, 0) is 19.2 Å². The van der Waals surface area contributed by atoms with Crippen LogP contribution in [0, 0.1) is 12.3 Å². The highest BCUT2D eigenvalue weighted by molar-refractivity contribution is 8.00. The second kappa shape index (κ2) is 8.09. The summed E-state index contributed by atoms with van der Waals surface area (Å²) in [6, 6.07) is -0.937. The number of nitrogens with zero attached hydrogens (tertiary/aromatic N) is 3. The number of β-lactam (4-membered cyclic amide) rings is 1. The normalized spacial score (nSPS) is 21.1. The summed E-state index contributed by atoms with van der Waals surface area (Å²) in [5.74, 6) is 0.0433. The van der Waals surface area contributed by atoms with E-state index < -0.39 is 29.2 Å². The van der Waals surface area contributed by atoms with E-state index in [0.29, 0.717) is 5.75 Å². The molecule has 2 aliphatic heterocycles. The zero-order chi connectivity index (χ0) is 20.4. The highest BCUT2D eigenvalue weighted by Crippen LogP contribution is 2.37. The molecule has 1 unspecified atom stereocenters. The number of rotatable bonds is 6. The Morgan fingerprint density at radius 2 is 2.36 bits per heavy atom. The fourth-order valence-electron chi connectivity index (χ4n) is 2.54. The molecule has 2 atom stereocenters. The van der Waals surface area contributed by atoms with Crippen molar-refractivity contribution in [2.75, 3.05) is 18.1 Å². The van der Waals surface area contributed by atoms with E-state index in [0.717, 1.165) is 16.2 Å². The number of nitrogens with one attached hydrogen (secondary N) is 1. The lowest BCUT2D eigenvalue weighted by Gasteiger charge is -2.48. The predicted molar refractivity (Wildman–Crippen MR) is 104 cm³/mol. The number of carbonyl (C=O) groups excluding carboxylic acids is 2. The number of thiazole rings is 1. The van der Waals surface area contributed by atoms with Crippen LogP contribution in [0.3, 0.4) is 0 Å². The number of thioether (sulfide) groups is 1. The molecule has 2 amide bonds. The van der Waals surface area contributed by atoms with Gasteiger partial charge in [0.25, 0.3) is 11.8 Å². The first kappa shape index (κ1) is 20.0. The van der Waals surface area contributed by atoms with Gasteiger partial charge in [-0.05, 0) is 6.08 Å². The molecule has 1 saturated heterocycles. The maximum Gasteiger partial charge on any atom is 0.352 e. The van der Waals surface area contributed by atoms with Crippen molar-refractivity contribution in [2.24, 2.45) is 5.16 Å². The molecule has 0 aromatic carbocycles. The van der Waals surface area contributed by atoms with E-state index in [-0.39, 0.29) is 33.2 Å². The Kier molecular flexibility index (Phi) is 5.78. The van der Waals surface area contributed by atoms with E-state index in [9.17, 15) is 19.5 Å². The van der Waals surface area contributed by atoms with Gasteiger partial charge >= 0.3 is 5.97 Å². The number of carboxylic acid groups (broad SMARTS) is 1. The predicted octanol–water partition coefficient (Wildman–Crippen LogP) is 0.101. The summed E-state index contributed by atoms with van der Waals surface area (Å²) in [4.78, 5) is 46.3. The van der Waals surface area contributed by atoms with Crippen LogP contribution >= 0.6 is 34.7 Å². The standard InChI is InChI=1S/C15H12ClN5O5S2/c1-2-4-26-20-8(7-10(16)28-15(17)19-7)11(22)18-9-12(23)21-6(14(24)25)3-5-27-13(9)21/h1,3,9,13H,4-5H2,(H2,17,19)(H,18,22)(H,24,25)/b20-8-/t9?,13-/m1/s1. The minimum atomic E-state index is -1.21. The van der Waals surface area contributed by atoms with Crippen LogP contribution in [0.25, 0.3) is 0 Å². The number of amides is 2. The van der Waals surface area contributed by atoms with E-state index >= 15 is 0 Å². The van der Waals surface area contributed by atoms with Crippen LogP contribution < -0.4 is 11.1 Å². The molecule has 13 heteroatoms. The molecule has 1 aromatic rings. The van der Waals surface area contributed by atoms with E-state index in [1.54, 1.807) is 0 Å². The van der Waals surface area contributed by atoms with Gasteiger partial charge in [-0.1, -0.05) is 34.0 Å². The van der Waals surface area contributed by atoms with E-state index in [1.165, 1.54) is 17.8 Å². The van der Waals surface area contributed by atoms with Gasteiger partial charge in [0.2, 0.25) is 0 Å². The molecule has 0 spiro atoms. The van der Waals surface area contributed by atoms with E-state index in [4.69, 9.17) is 28.6 Å². The number of terminal acetylenes is 1. The third kappa shape index (κ3) is 3.64. The fourth-order valence-corrected chi connectivity index (χ4v) is 4.66. The summed E-state index contributed by atoms with van der Waals surface area (Å²) in [5, 5.41) is 14.9. The van der Waals surface area contributed by atoms with Crippen molar-refractivity contribution in [3.8, 4) is 12.3 Å². The zero-order valence-corrected chi connectivity index (χ0v) is 16.3. The van der Waals surface area contributed by atoms with Gasteiger partial charge in [0.15, 0.2) is 17.5 Å². The molecule has 0 aliphatic carbocycles. The number of nitrogen functional groups attached to an aromatic ring is 1. The highest BCUT2D eigenvalue weighted by atomic mass is 35.5. The number of nitrogens with two attached hydrogens (primary N) is 1. The molecule has 3 rings (SSSR count). The first-order valence-electron chi connectivity index (χ1n) is 7.59. The van der Waals surface area contributed by atoms with Crippen LogP contribution in [-0.4, -0.2) is 62.3 Å². The monoisotopic (exact) mass is 441 g/mol. The Morgan fingerprint density at radius 1 is 1.61 bits per heavy atom. The van der Waals surface area contributed by atoms with Crippen molar-refractivity contribution in [1.29, 1.82) is 0 Å². The first-order valence-corrected chi connectivity index (χ1v) is 9.84. The molecule has 0 bridgehead atoms. The SMILES string of the molecule is C#CCO/N=C(\C(=O)NC1C(=O)N2C(C(=O)O)=CCS[C@H]12)c1nc(N)sc1Cl. The smallest absolute Gasteiger partial charge is 0.352 e. The second-order valence-corrected chi connectivity index (χ2v) is 8.15. The summed E-state index contributed by atoms with van der Waals surface area (Å²) >= 11 is 8.30. The second-order valence-electron chi connectivity index (χ2n) is 5.37. The van der Waals surface area contributed by atoms with Crippen molar-refractivity contribution in [3.05, 3.63) is 21.8 Å². The largest absolute Gasteiger partial charge is 0.477 e. The minimum Gasteiger partial charge on any atom is -0.477 e. The summed E-state index contributed by atoms with van der Waals surface area (Å²) in [7, 11) is 0. The summed E-state index contributed by atoms with van der Waals surface area (Å²) < 4.78 is 0.111. The summed E-state index contributed by atoms with van der Waals surface area (Å²) in [6.07, 6.45) is 6.54. The average molecular weight is 442 g/mol. The van der Waals surface area contributed by atoms with Gasteiger partial charge in [0.05, 0.1) is 0 Å². The number of anilines is 1. The quantitative estimate of drug-likeness (QED) is 0.185. The van der Waals surface area contributed by atoms with Gasteiger partial charge in [-0.15, -0.1) is 18.2 Å². The van der Waals surface area contributed by atoms with Crippen LogP contribution in [0.2, 0.25) is 4.34 Å². The molecular formula is C15H12ClN5O5S2. The lowest BCUT2D eigenvalue weighted by atomic mass is 10.0. The molecule has 1 fully saturated rings. The van der Waals surface area contributed by atoms with Gasteiger partial charge in [0, 0.05) is 5.75 Å². The maximum absolute atomic E-state index is 12.7. The third-order valence-electron chi connectivity index (χ3n) is 3.70. The molecule has 4 N–H and O–H groups in total. The number of hydrogen-bond acceptors (Lipinski definition) is 9. The average Bonchev–Trinajstić information content (AvgIpc) is 2.99. The third-order valence-corrected chi connectivity index (χ3v) is 5.96. The van der Waals surface area contributed by atoms with Crippen LogP contribution in [0.1, 0.15) is 5.69 Å². The molecule has 2 aliphatic rings. The van der Waals surface area contributed by atoms with Crippen molar-refractivity contribution in [1.82, 2.24) is 15.2 Å². The zero-order valence-electron chi connectivity index (χ0n) is 13.9. The topological polar surface area (TPSA) is 147 Å². The molecule has 10 nitrogen and oxygen atoms in total. The molecule has 0 saturated carbocycles. The Hall–Kier alpha value is -2.75. The summed E-state index contributed by atoms with van der Waals surface area (Å²) in [5.41, 5.74) is 5.18. The van der Waals surface area contributed by atoms with E-state index in [2.05, 4.69) is 21.4 Å². The Bertz CT molecular complexity index is 953. The maximum atomic E-state index is 12.7. The van der Waals surface area contributed by atoms with Crippen molar-refractivity contribution < 1.29 is 24.3 Å². The molecular weight excluding hydrogens is 430 g/mol. The van der Waals surface area contributed by atoms with Crippen LogP contribution in [0.4, 0.5) is 5.13 Å². The van der Waals surface area contributed by atoms with Gasteiger partial charge in [-0.3, -0.25) is 14.5 Å². The number of aliphatic carboxylic acids is 1. The molecule has 28 heavy (non-hydrogen) atoms. The minimum absolute atomic E-state index is 0.00950. The molecule has 146 valence electrons. The Balaban J connectivity index is 1.80. The molecule has 1 aromatic heterocycles. The van der Waals surface area contributed by atoms with Gasteiger partial charge in [-0.25, -0.2) is 9.78 Å². The van der Waals surface area contributed by atoms with Crippen LogP contribution in [0.5, 0.6) is 0 Å². The highest BCUT2D eigenvalue weighted by Gasteiger charge is 2.53. The number of aromatic nitrogens is 1. The van der Waals surface area contributed by atoms with Gasteiger partial charge in [0.1, 0.15) is 27.1 Å². The lowest BCUT2D eigenvalue weighted by molar-refractivity contribution is -0.150. The molecule has 3 heterocycles. The number of hydrogen-bond donors (Lipinski definition) is 3. The lowest BCUT2D eigenvalue weighted by Crippen LogP contribution is -2.70. The van der Waals surface area contributed by atoms with Crippen molar-refractivity contribution in [2.45, 2.75) is 11.4 Å². The number of oxime groups is 1. The first-order chi connectivity index (χ1) is 13.3. The van der Waals surface area contributed by atoms with Crippen molar-refractivity contribution in [3.63, 3.8) is 0 Å². The Morgan fingerprint density at radius 3 is 2.96 bits per heavy atom. The molecule has 0 radical (unpaired) electrons. The Labute approximate surface area is 171 Å². The summed E-state index contributed by atoms with van der Waals surface area (Å²) in [6.45, 7) is -0.199. The van der Waals surface area contributed by atoms with Gasteiger partial charge < -0.3 is 21.0 Å². The van der Waals surface area contributed by atoms with Gasteiger partial charge in [-0.2, -0.15) is 0 Å². The number of halogens is 1. The number of carbonyl (C=O) groups is 3. The fraction of sp³-hybridized carbons (Fsp3) is 0.267. The van der Waals surface area contributed by atoms with Crippen molar-refractivity contribution >= 4 is 63.3 Å². The number of carboxylic acids is 1. The van der Waals surface area contributed by atoms with E-state index in [1.807, 2.05) is 0 Å².